The predicted molar refractivity (Wildman–Crippen MR) is 46.4 cm³/mol. The fourth-order valence-electron chi connectivity index (χ4n) is 1.40. The molecule has 1 aliphatic rings. The molecule has 0 saturated carbocycles. The van der Waals surface area contributed by atoms with Gasteiger partial charge in [0.05, 0.1) is 5.56 Å². The van der Waals surface area contributed by atoms with Gasteiger partial charge in [-0.1, -0.05) is 0 Å². The first-order valence-electron chi connectivity index (χ1n) is 3.65. The lowest BCUT2D eigenvalue weighted by Crippen LogP contribution is -2.13. The number of fused-ring (bicyclic) bond motifs is 1. The summed E-state index contributed by atoms with van der Waals surface area (Å²) in [6, 6.07) is 3.37. The molecule has 0 saturated heterocycles. The average Bonchev–Trinajstić information content (AvgIpc) is 2.42. The van der Waals surface area contributed by atoms with Crippen LogP contribution < -0.4 is 16.8 Å². The van der Waals surface area contributed by atoms with Crippen LogP contribution in [0.5, 0.6) is 0 Å². The number of anilines is 2. The highest BCUT2D eigenvalue weighted by Crippen LogP contribution is 2.26. The minimum Gasteiger partial charge on any atom is -0.398 e. The zero-order chi connectivity index (χ0) is 8.72. The minimum atomic E-state index is -0.130. The molecule has 1 aromatic carbocycles. The Bertz CT molecular complexity index is 360. The van der Waals surface area contributed by atoms with Gasteiger partial charge in [0.2, 0.25) is 0 Å². The number of nitrogens with one attached hydrogen (secondary N) is 1. The third kappa shape index (κ3) is 0.747. The second-order valence-electron chi connectivity index (χ2n) is 2.78. The molecule has 0 fully saturated rings. The van der Waals surface area contributed by atoms with Crippen LogP contribution in [0, 0.1) is 0 Å². The Morgan fingerprint density at radius 1 is 1.25 bits per heavy atom. The number of hydrogen-bond acceptors (Lipinski definition) is 3. The molecule has 12 heavy (non-hydrogen) atoms. The van der Waals surface area contributed by atoms with Crippen molar-refractivity contribution in [2.45, 2.75) is 6.54 Å². The van der Waals surface area contributed by atoms with Crippen LogP contribution >= 0.6 is 0 Å². The number of benzene rings is 1. The standard InChI is InChI=1S/C8H9N3O/c9-5-1-2-6(10)7-4(5)3-11-8(7)12/h1-2H,3,9-10H2,(H,11,12). The summed E-state index contributed by atoms with van der Waals surface area (Å²) in [6.45, 7) is 0.491. The molecule has 0 atom stereocenters. The second kappa shape index (κ2) is 2.14. The number of hydrogen-bond donors (Lipinski definition) is 3. The van der Waals surface area contributed by atoms with Crippen LogP contribution in [0.1, 0.15) is 15.9 Å². The monoisotopic (exact) mass is 163 g/mol. The molecule has 0 radical (unpaired) electrons. The van der Waals surface area contributed by atoms with Crippen molar-refractivity contribution in [1.29, 1.82) is 0 Å². The molecule has 0 aliphatic carbocycles. The number of amides is 1. The molecule has 1 amide bonds. The van der Waals surface area contributed by atoms with Crippen LogP contribution in [0.4, 0.5) is 11.4 Å². The lowest BCUT2D eigenvalue weighted by molar-refractivity contribution is 0.0966. The quantitative estimate of drug-likeness (QED) is 0.474. The van der Waals surface area contributed by atoms with Crippen molar-refractivity contribution in [2.24, 2.45) is 0 Å². The van der Waals surface area contributed by atoms with Crippen molar-refractivity contribution < 1.29 is 4.79 Å². The van der Waals surface area contributed by atoms with E-state index in [4.69, 9.17) is 11.5 Å². The van der Waals surface area contributed by atoms with Gasteiger partial charge in [-0.3, -0.25) is 4.79 Å². The lowest BCUT2D eigenvalue weighted by atomic mass is 10.1. The molecule has 1 heterocycles. The lowest BCUT2D eigenvalue weighted by Gasteiger charge is -2.02. The number of nitrogen functional groups attached to an aromatic ring is 2. The van der Waals surface area contributed by atoms with E-state index in [-0.39, 0.29) is 5.91 Å². The first-order chi connectivity index (χ1) is 5.70. The van der Waals surface area contributed by atoms with Gasteiger partial charge in [-0.25, -0.2) is 0 Å². The van der Waals surface area contributed by atoms with Gasteiger partial charge in [-0.15, -0.1) is 0 Å². The fraction of sp³-hybridized carbons (Fsp3) is 0.125. The first kappa shape index (κ1) is 6.97. The Morgan fingerprint density at radius 3 is 2.58 bits per heavy atom. The highest BCUT2D eigenvalue weighted by Gasteiger charge is 2.23. The maximum absolute atomic E-state index is 11.2. The summed E-state index contributed by atoms with van der Waals surface area (Å²) in [6.07, 6.45) is 0. The largest absolute Gasteiger partial charge is 0.398 e. The normalized spacial score (nSPS) is 14.2. The van der Waals surface area contributed by atoms with E-state index in [1.807, 2.05) is 0 Å². The molecule has 0 aromatic heterocycles. The molecule has 0 unspecified atom stereocenters. The van der Waals surface area contributed by atoms with E-state index in [9.17, 15) is 4.79 Å². The third-order valence-corrected chi connectivity index (χ3v) is 2.03. The Balaban J connectivity index is 2.72. The van der Waals surface area contributed by atoms with Crippen LogP contribution in [0.25, 0.3) is 0 Å². The molecule has 1 aliphatic heterocycles. The maximum Gasteiger partial charge on any atom is 0.254 e. The summed E-state index contributed by atoms with van der Waals surface area (Å²) >= 11 is 0. The molecule has 62 valence electrons. The molecule has 0 spiro atoms. The van der Waals surface area contributed by atoms with Gasteiger partial charge in [0.25, 0.3) is 5.91 Å². The Morgan fingerprint density at radius 2 is 1.92 bits per heavy atom. The topological polar surface area (TPSA) is 81.1 Å². The second-order valence-corrected chi connectivity index (χ2v) is 2.78. The third-order valence-electron chi connectivity index (χ3n) is 2.03. The van der Waals surface area contributed by atoms with Crippen molar-refractivity contribution in [1.82, 2.24) is 5.32 Å². The number of carbonyl (C=O) groups is 1. The minimum absolute atomic E-state index is 0.130. The van der Waals surface area contributed by atoms with E-state index < -0.39 is 0 Å². The van der Waals surface area contributed by atoms with E-state index in [0.717, 1.165) is 5.56 Å². The van der Waals surface area contributed by atoms with Crippen LogP contribution in [0.3, 0.4) is 0 Å². The van der Waals surface area contributed by atoms with Gasteiger partial charge in [0.15, 0.2) is 0 Å². The fourth-order valence-corrected chi connectivity index (χ4v) is 1.40. The Labute approximate surface area is 69.5 Å². The highest BCUT2D eigenvalue weighted by atomic mass is 16.1. The zero-order valence-electron chi connectivity index (χ0n) is 6.42. The predicted octanol–water partition coefficient (Wildman–Crippen LogP) is 0.0944. The molecular weight excluding hydrogens is 154 g/mol. The molecule has 1 aromatic rings. The van der Waals surface area contributed by atoms with Crippen molar-refractivity contribution in [2.75, 3.05) is 11.5 Å². The van der Waals surface area contributed by atoms with E-state index in [1.165, 1.54) is 0 Å². The smallest absolute Gasteiger partial charge is 0.254 e. The maximum atomic E-state index is 11.2. The number of carbonyl (C=O) groups excluding carboxylic acids is 1. The number of rotatable bonds is 0. The van der Waals surface area contributed by atoms with Gasteiger partial charge in [-0.05, 0) is 12.1 Å². The van der Waals surface area contributed by atoms with Gasteiger partial charge in [-0.2, -0.15) is 0 Å². The van der Waals surface area contributed by atoms with Crippen molar-refractivity contribution in [3.63, 3.8) is 0 Å². The Hall–Kier alpha value is -1.71. The highest BCUT2D eigenvalue weighted by molar-refractivity contribution is 6.04. The SMILES string of the molecule is Nc1ccc(N)c2c1CNC2=O. The molecule has 5 N–H and O–H groups in total. The van der Waals surface area contributed by atoms with Crippen LogP contribution in [0.2, 0.25) is 0 Å². The van der Waals surface area contributed by atoms with E-state index >= 15 is 0 Å². The molecule has 2 rings (SSSR count). The molecule has 4 heteroatoms. The summed E-state index contributed by atoms with van der Waals surface area (Å²) in [5, 5.41) is 2.67. The van der Waals surface area contributed by atoms with E-state index in [2.05, 4.69) is 5.32 Å². The molecule has 0 bridgehead atoms. The van der Waals surface area contributed by atoms with Crippen LogP contribution in [-0.4, -0.2) is 5.91 Å². The van der Waals surface area contributed by atoms with Crippen molar-refractivity contribution in [3.8, 4) is 0 Å². The van der Waals surface area contributed by atoms with Gasteiger partial charge >= 0.3 is 0 Å². The zero-order valence-corrected chi connectivity index (χ0v) is 6.42. The first-order valence-corrected chi connectivity index (χ1v) is 3.65. The van der Waals surface area contributed by atoms with Crippen LogP contribution in [0.15, 0.2) is 12.1 Å². The summed E-state index contributed by atoms with van der Waals surface area (Å²) < 4.78 is 0. The summed E-state index contributed by atoms with van der Waals surface area (Å²) in [7, 11) is 0. The number of nitrogens with two attached hydrogens (primary N) is 2. The van der Waals surface area contributed by atoms with Crippen molar-refractivity contribution in [3.05, 3.63) is 23.3 Å². The van der Waals surface area contributed by atoms with E-state index in [1.54, 1.807) is 12.1 Å². The van der Waals surface area contributed by atoms with Crippen LogP contribution in [-0.2, 0) is 6.54 Å². The summed E-state index contributed by atoms with van der Waals surface area (Å²) in [5.74, 6) is -0.130. The summed E-state index contributed by atoms with van der Waals surface area (Å²) in [4.78, 5) is 11.2. The van der Waals surface area contributed by atoms with E-state index in [0.29, 0.717) is 23.5 Å². The Kier molecular flexibility index (Phi) is 1.24. The van der Waals surface area contributed by atoms with Gasteiger partial charge < -0.3 is 16.8 Å². The molecular formula is C8H9N3O. The van der Waals surface area contributed by atoms with Gasteiger partial charge in [0, 0.05) is 23.5 Å². The van der Waals surface area contributed by atoms with Crippen molar-refractivity contribution >= 4 is 17.3 Å². The molecule has 4 nitrogen and oxygen atoms in total. The summed E-state index contributed by atoms with van der Waals surface area (Å²) in [5.41, 5.74) is 13.7. The van der Waals surface area contributed by atoms with Gasteiger partial charge in [0.1, 0.15) is 0 Å². The average molecular weight is 163 g/mol.